The number of carbonyl (C=O) groups excluding carboxylic acids is 1. The lowest BCUT2D eigenvalue weighted by Crippen LogP contribution is -2.08. The maximum atomic E-state index is 12.5. The molecule has 0 heterocycles. The van der Waals surface area contributed by atoms with E-state index in [1.807, 2.05) is 0 Å². The van der Waals surface area contributed by atoms with Gasteiger partial charge in [0.25, 0.3) is 0 Å². The molecule has 1 aromatic carbocycles. The number of halogens is 3. The van der Waals surface area contributed by atoms with Gasteiger partial charge in [-0.1, -0.05) is 38.7 Å². The zero-order valence-electron chi connectivity index (χ0n) is 12.0. The van der Waals surface area contributed by atoms with Gasteiger partial charge >= 0.3 is 6.18 Å². The highest BCUT2D eigenvalue weighted by molar-refractivity contribution is 5.97. The number of carbonyl (C=O) groups is 1. The molecule has 0 bridgehead atoms. The molecule has 0 radical (unpaired) electrons. The third-order valence-electron chi connectivity index (χ3n) is 3.36. The normalized spacial score (nSPS) is 11.7. The molecule has 112 valence electrons. The van der Waals surface area contributed by atoms with Crippen LogP contribution in [0.4, 0.5) is 13.2 Å². The molecule has 0 atom stereocenters. The summed E-state index contributed by atoms with van der Waals surface area (Å²) in [5, 5.41) is 0. The predicted molar refractivity (Wildman–Crippen MR) is 73.9 cm³/mol. The van der Waals surface area contributed by atoms with Gasteiger partial charge < -0.3 is 0 Å². The van der Waals surface area contributed by atoms with Crippen LogP contribution in [-0.2, 0) is 6.18 Å². The molecule has 0 N–H and O–H groups in total. The Labute approximate surface area is 118 Å². The van der Waals surface area contributed by atoms with Crippen molar-refractivity contribution in [1.29, 1.82) is 0 Å². The minimum absolute atomic E-state index is 0.0623. The van der Waals surface area contributed by atoms with Crippen LogP contribution in [0.1, 0.15) is 66.9 Å². The minimum atomic E-state index is -4.35. The fourth-order valence-corrected chi connectivity index (χ4v) is 2.18. The third-order valence-corrected chi connectivity index (χ3v) is 3.36. The molecule has 0 aliphatic heterocycles. The van der Waals surface area contributed by atoms with Gasteiger partial charge in [0.1, 0.15) is 0 Å². The summed E-state index contributed by atoms with van der Waals surface area (Å²) in [6, 6.07) is 3.33. The van der Waals surface area contributed by atoms with Crippen LogP contribution < -0.4 is 0 Å². The van der Waals surface area contributed by atoms with Crippen molar-refractivity contribution in [2.45, 2.75) is 58.5 Å². The van der Waals surface area contributed by atoms with Gasteiger partial charge in [-0.05, 0) is 31.0 Å². The van der Waals surface area contributed by atoms with Crippen molar-refractivity contribution in [2.75, 3.05) is 0 Å². The second-order valence-electron chi connectivity index (χ2n) is 5.11. The first-order valence-corrected chi connectivity index (χ1v) is 7.07. The highest BCUT2D eigenvalue weighted by Gasteiger charge is 2.30. The van der Waals surface area contributed by atoms with Crippen molar-refractivity contribution in [3.05, 3.63) is 34.9 Å². The Balaban J connectivity index is 2.61. The summed E-state index contributed by atoms with van der Waals surface area (Å²) in [5.74, 6) is -0.0623. The minimum Gasteiger partial charge on any atom is -0.294 e. The molecule has 4 heteroatoms. The van der Waals surface area contributed by atoms with E-state index in [1.54, 1.807) is 6.92 Å². The van der Waals surface area contributed by atoms with Gasteiger partial charge in [0.05, 0.1) is 5.56 Å². The smallest absolute Gasteiger partial charge is 0.294 e. The Kier molecular flexibility index (Phi) is 6.24. The molecule has 1 nitrogen and oxygen atoms in total. The number of hydrogen-bond acceptors (Lipinski definition) is 1. The van der Waals surface area contributed by atoms with Gasteiger partial charge in [0.2, 0.25) is 0 Å². The molecule has 1 rings (SSSR count). The van der Waals surface area contributed by atoms with E-state index in [2.05, 4.69) is 6.92 Å². The van der Waals surface area contributed by atoms with E-state index in [0.29, 0.717) is 17.5 Å². The highest BCUT2D eigenvalue weighted by atomic mass is 19.4. The number of rotatable bonds is 7. The molecule has 0 unspecified atom stereocenters. The van der Waals surface area contributed by atoms with Crippen molar-refractivity contribution in [2.24, 2.45) is 0 Å². The maximum Gasteiger partial charge on any atom is 0.416 e. The van der Waals surface area contributed by atoms with Gasteiger partial charge in [0.15, 0.2) is 5.78 Å². The second-order valence-corrected chi connectivity index (χ2v) is 5.11. The molecule has 0 saturated heterocycles. The average Bonchev–Trinajstić information content (AvgIpc) is 2.37. The molecule has 0 aliphatic rings. The fraction of sp³-hybridized carbons (Fsp3) is 0.562. The molecule has 0 saturated carbocycles. The summed E-state index contributed by atoms with van der Waals surface area (Å²) >= 11 is 0. The van der Waals surface area contributed by atoms with Gasteiger partial charge in [0, 0.05) is 12.0 Å². The van der Waals surface area contributed by atoms with E-state index >= 15 is 0 Å². The largest absolute Gasteiger partial charge is 0.416 e. The lowest BCUT2D eigenvalue weighted by Gasteiger charge is -2.10. The van der Waals surface area contributed by atoms with E-state index < -0.39 is 11.7 Å². The SMILES string of the molecule is CCCCCCCC(=O)c1ccc(C(F)(F)F)cc1C. The number of alkyl halides is 3. The Morgan fingerprint density at radius 3 is 2.30 bits per heavy atom. The second kappa shape index (κ2) is 7.46. The van der Waals surface area contributed by atoms with Gasteiger partial charge in [-0.25, -0.2) is 0 Å². The Morgan fingerprint density at radius 2 is 1.75 bits per heavy atom. The molecule has 0 aromatic heterocycles. The van der Waals surface area contributed by atoms with Gasteiger partial charge in [-0.15, -0.1) is 0 Å². The van der Waals surface area contributed by atoms with E-state index in [-0.39, 0.29) is 5.78 Å². The van der Waals surface area contributed by atoms with E-state index in [0.717, 1.165) is 44.2 Å². The van der Waals surface area contributed by atoms with Crippen molar-refractivity contribution >= 4 is 5.78 Å². The van der Waals surface area contributed by atoms with Crippen molar-refractivity contribution in [3.63, 3.8) is 0 Å². The van der Waals surface area contributed by atoms with Crippen LogP contribution in [0.15, 0.2) is 18.2 Å². The lowest BCUT2D eigenvalue weighted by molar-refractivity contribution is -0.137. The topological polar surface area (TPSA) is 17.1 Å². The van der Waals surface area contributed by atoms with Crippen LogP contribution in [0.5, 0.6) is 0 Å². The monoisotopic (exact) mass is 286 g/mol. The average molecular weight is 286 g/mol. The number of hydrogen-bond donors (Lipinski definition) is 0. The van der Waals surface area contributed by atoms with Gasteiger partial charge in [-0.2, -0.15) is 13.2 Å². The van der Waals surface area contributed by atoms with Crippen LogP contribution in [0.3, 0.4) is 0 Å². The maximum absolute atomic E-state index is 12.5. The lowest BCUT2D eigenvalue weighted by atomic mass is 9.98. The molecule has 1 aromatic rings. The van der Waals surface area contributed by atoms with Crippen LogP contribution in [-0.4, -0.2) is 5.78 Å². The molecule has 0 aliphatic carbocycles. The van der Waals surface area contributed by atoms with Crippen LogP contribution in [0.25, 0.3) is 0 Å². The highest BCUT2D eigenvalue weighted by Crippen LogP contribution is 2.30. The number of Topliss-reactive ketones (excluding diaryl/α,β-unsaturated/α-hetero) is 1. The summed E-state index contributed by atoms with van der Waals surface area (Å²) in [5.41, 5.74) is 0.112. The summed E-state index contributed by atoms with van der Waals surface area (Å²) in [4.78, 5) is 12.0. The Hall–Kier alpha value is -1.32. The summed E-state index contributed by atoms with van der Waals surface area (Å²) in [6.45, 7) is 3.68. The third kappa shape index (κ3) is 4.99. The zero-order chi connectivity index (χ0) is 15.2. The van der Waals surface area contributed by atoms with Crippen molar-refractivity contribution < 1.29 is 18.0 Å². The first-order chi connectivity index (χ1) is 9.36. The van der Waals surface area contributed by atoms with Crippen molar-refractivity contribution in [3.8, 4) is 0 Å². The Morgan fingerprint density at radius 1 is 1.10 bits per heavy atom. The molecular weight excluding hydrogens is 265 g/mol. The van der Waals surface area contributed by atoms with Crippen LogP contribution in [0.2, 0.25) is 0 Å². The standard InChI is InChI=1S/C16H21F3O/c1-3-4-5-6-7-8-15(20)14-10-9-13(11-12(14)2)16(17,18)19/h9-11H,3-8H2,1-2H3. The van der Waals surface area contributed by atoms with E-state index in [4.69, 9.17) is 0 Å². The molecule has 20 heavy (non-hydrogen) atoms. The quantitative estimate of drug-likeness (QED) is 0.474. The molecule has 0 amide bonds. The Bertz CT molecular complexity index is 450. The van der Waals surface area contributed by atoms with E-state index in [1.165, 1.54) is 6.07 Å². The summed E-state index contributed by atoms with van der Waals surface area (Å²) in [6.07, 6.45) is 1.27. The number of unbranched alkanes of at least 4 members (excludes halogenated alkanes) is 4. The number of ketones is 1. The molecule has 0 fully saturated rings. The number of aryl methyl sites for hydroxylation is 1. The van der Waals surface area contributed by atoms with Gasteiger partial charge in [-0.3, -0.25) is 4.79 Å². The van der Waals surface area contributed by atoms with Crippen LogP contribution >= 0.6 is 0 Å². The number of benzene rings is 1. The predicted octanol–water partition coefficient (Wildman–Crippen LogP) is 5.56. The summed E-state index contributed by atoms with van der Waals surface area (Å²) in [7, 11) is 0. The summed E-state index contributed by atoms with van der Waals surface area (Å²) < 4.78 is 37.6. The van der Waals surface area contributed by atoms with Crippen LogP contribution in [0, 0.1) is 6.92 Å². The molecular formula is C16H21F3O. The fourth-order valence-electron chi connectivity index (χ4n) is 2.18. The molecule has 0 spiro atoms. The van der Waals surface area contributed by atoms with E-state index in [9.17, 15) is 18.0 Å². The first-order valence-electron chi connectivity index (χ1n) is 7.07. The first kappa shape index (κ1) is 16.7. The zero-order valence-corrected chi connectivity index (χ0v) is 12.0. The van der Waals surface area contributed by atoms with Crippen molar-refractivity contribution in [1.82, 2.24) is 0 Å².